The third-order valence-electron chi connectivity index (χ3n) is 3.40. The minimum absolute atomic E-state index is 0.240. The van der Waals surface area contributed by atoms with Gasteiger partial charge in [-0.15, -0.1) is 0 Å². The summed E-state index contributed by atoms with van der Waals surface area (Å²) in [5.41, 5.74) is 7.35. The van der Waals surface area contributed by atoms with Crippen LogP contribution in [-0.2, 0) is 0 Å². The summed E-state index contributed by atoms with van der Waals surface area (Å²) in [7, 11) is 2.19. The van der Waals surface area contributed by atoms with E-state index in [4.69, 9.17) is 5.73 Å². The van der Waals surface area contributed by atoms with Crippen LogP contribution in [0.5, 0.6) is 0 Å². The summed E-state index contributed by atoms with van der Waals surface area (Å²) in [5, 5.41) is 0. The molecule has 0 radical (unpaired) electrons. The fraction of sp³-hybridized carbons (Fsp3) is 0.571. The second-order valence-corrected chi connectivity index (χ2v) is 5.16. The number of likely N-dealkylation sites (N-methyl/N-ethyl adjacent to an activating group) is 1. The Morgan fingerprint density at radius 1 is 1.29 bits per heavy atom. The minimum Gasteiger partial charge on any atom is -0.327 e. The van der Waals surface area contributed by atoms with Crippen LogP contribution in [0.4, 0.5) is 0 Å². The maximum atomic E-state index is 5.94. The van der Waals surface area contributed by atoms with Crippen molar-refractivity contribution >= 4 is 0 Å². The SMILES string of the molecule is C[C@H](N)CN1CCN(C)CC1c1ccccc1. The van der Waals surface area contributed by atoms with Gasteiger partial charge in [-0.3, -0.25) is 4.90 Å². The number of nitrogens with two attached hydrogens (primary N) is 1. The highest BCUT2D eigenvalue weighted by molar-refractivity contribution is 5.20. The van der Waals surface area contributed by atoms with E-state index in [2.05, 4.69) is 54.1 Å². The van der Waals surface area contributed by atoms with E-state index in [0.29, 0.717) is 6.04 Å². The van der Waals surface area contributed by atoms with E-state index in [1.807, 2.05) is 0 Å². The van der Waals surface area contributed by atoms with E-state index < -0.39 is 0 Å². The summed E-state index contributed by atoms with van der Waals surface area (Å²) in [6.07, 6.45) is 0. The summed E-state index contributed by atoms with van der Waals surface area (Å²) in [5.74, 6) is 0. The standard InChI is InChI=1S/C14H23N3/c1-12(15)10-17-9-8-16(2)11-14(17)13-6-4-3-5-7-13/h3-7,12,14H,8-11,15H2,1-2H3/t12-,14?/m0/s1. The van der Waals surface area contributed by atoms with Gasteiger partial charge in [-0.25, -0.2) is 0 Å². The van der Waals surface area contributed by atoms with Crippen LogP contribution in [0, 0.1) is 0 Å². The molecule has 0 aliphatic carbocycles. The maximum absolute atomic E-state index is 5.94. The van der Waals surface area contributed by atoms with E-state index >= 15 is 0 Å². The van der Waals surface area contributed by atoms with E-state index in [0.717, 1.165) is 26.2 Å². The normalized spacial score (nSPS) is 24.8. The summed E-state index contributed by atoms with van der Waals surface area (Å²) in [6.45, 7) is 6.40. The Bertz CT molecular complexity index is 337. The molecule has 0 spiro atoms. The molecule has 1 fully saturated rings. The van der Waals surface area contributed by atoms with Gasteiger partial charge in [-0.1, -0.05) is 30.3 Å². The number of rotatable bonds is 3. The molecule has 3 nitrogen and oxygen atoms in total. The van der Waals surface area contributed by atoms with Crippen molar-refractivity contribution in [2.75, 3.05) is 33.2 Å². The van der Waals surface area contributed by atoms with Crippen molar-refractivity contribution in [1.82, 2.24) is 9.80 Å². The lowest BCUT2D eigenvalue weighted by atomic mass is 10.0. The Balaban J connectivity index is 2.14. The van der Waals surface area contributed by atoms with Crippen LogP contribution in [0.3, 0.4) is 0 Å². The largest absolute Gasteiger partial charge is 0.327 e. The van der Waals surface area contributed by atoms with Crippen LogP contribution in [-0.4, -0.2) is 49.1 Å². The first-order chi connectivity index (χ1) is 8.16. The smallest absolute Gasteiger partial charge is 0.0476 e. The lowest BCUT2D eigenvalue weighted by Crippen LogP contribution is -2.49. The molecule has 2 rings (SSSR count). The van der Waals surface area contributed by atoms with Gasteiger partial charge in [0, 0.05) is 38.3 Å². The number of nitrogens with zero attached hydrogens (tertiary/aromatic N) is 2. The van der Waals surface area contributed by atoms with E-state index in [-0.39, 0.29) is 6.04 Å². The zero-order chi connectivity index (χ0) is 12.3. The average molecular weight is 233 g/mol. The van der Waals surface area contributed by atoms with Gasteiger partial charge in [0.05, 0.1) is 0 Å². The molecule has 0 amide bonds. The zero-order valence-corrected chi connectivity index (χ0v) is 10.8. The van der Waals surface area contributed by atoms with Crippen LogP contribution >= 0.6 is 0 Å². The first-order valence-corrected chi connectivity index (χ1v) is 6.40. The number of benzene rings is 1. The van der Waals surface area contributed by atoms with Crippen molar-refractivity contribution in [3.05, 3.63) is 35.9 Å². The predicted molar refractivity (Wildman–Crippen MR) is 71.9 cm³/mol. The van der Waals surface area contributed by atoms with Gasteiger partial charge in [0.2, 0.25) is 0 Å². The van der Waals surface area contributed by atoms with Crippen molar-refractivity contribution in [2.24, 2.45) is 5.73 Å². The fourth-order valence-electron chi connectivity index (χ4n) is 2.54. The van der Waals surface area contributed by atoms with Crippen molar-refractivity contribution < 1.29 is 0 Å². The molecule has 17 heavy (non-hydrogen) atoms. The Hall–Kier alpha value is -0.900. The highest BCUT2D eigenvalue weighted by atomic mass is 15.3. The summed E-state index contributed by atoms with van der Waals surface area (Å²) >= 11 is 0. The molecule has 2 atom stereocenters. The molecule has 3 heteroatoms. The Morgan fingerprint density at radius 3 is 2.65 bits per heavy atom. The van der Waals surface area contributed by atoms with E-state index in [1.165, 1.54) is 5.56 Å². The molecule has 1 aromatic rings. The third kappa shape index (κ3) is 3.28. The van der Waals surface area contributed by atoms with Gasteiger partial charge in [0.25, 0.3) is 0 Å². The van der Waals surface area contributed by atoms with Gasteiger partial charge >= 0.3 is 0 Å². The number of piperazine rings is 1. The highest BCUT2D eigenvalue weighted by Crippen LogP contribution is 2.24. The van der Waals surface area contributed by atoms with Crippen molar-refractivity contribution in [2.45, 2.75) is 19.0 Å². The van der Waals surface area contributed by atoms with Crippen molar-refractivity contribution in [3.8, 4) is 0 Å². The molecule has 1 aromatic carbocycles. The van der Waals surface area contributed by atoms with E-state index in [9.17, 15) is 0 Å². The van der Waals surface area contributed by atoms with Gasteiger partial charge in [0.1, 0.15) is 0 Å². The highest BCUT2D eigenvalue weighted by Gasteiger charge is 2.26. The Kier molecular flexibility index (Phi) is 4.15. The lowest BCUT2D eigenvalue weighted by Gasteiger charge is -2.41. The molecule has 0 aromatic heterocycles. The second-order valence-electron chi connectivity index (χ2n) is 5.16. The van der Waals surface area contributed by atoms with Gasteiger partial charge in [-0.2, -0.15) is 0 Å². The maximum Gasteiger partial charge on any atom is 0.0476 e. The third-order valence-corrected chi connectivity index (χ3v) is 3.40. The fourth-order valence-corrected chi connectivity index (χ4v) is 2.54. The van der Waals surface area contributed by atoms with Crippen LogP contribution in [0.2, 0.25) is 0 Å². The zero-order valence-electron chi connectivity index (χ0n) is 10.8. The molecular weight excluding hydrogens is 210 g/mol. The topological polar surface area (TPSA) is 32.5 Å². The molecule has 1 aliphatic heterocycles. The molecular formula is C14H23N3. The molecule has 2 N–H and O–H groups in total. The first kappa shape index (κ1) is 12.6. The minimum atomic E-state index is 0.240. The summed E-state index contributed by atoms with van der Waals surface area (Å²) in [4.78, 5) is 4.91. The number of hydrogen-bond donors (Lipinski definition) is 1. The van der Waals surface area contributed by atoms with Gasteiger partial charge < -0.3 is 10.6 Å². The Morgan fingerprint density at radius 2 is 2.00 bits per heavy atom. The van der Waals surface area contributed by atoms with Crippen LogP contribution < -0.4 is 5.73 Å². The van der Waals surface area contributed by atoms with Crippen LogP contribution in [0.1, 0.15) is 18.5 Å². The molecule has 1 unspecified atom stereocenters. The van der Waals surface area contributed by atoms with E-state index in [1.54, 1.807) is 0 Å². The Labute approximate surface area is 104 Å². The van der Waals surface area contributed by atoms with Crippen LogP contribution in [0.25, 0.3) is 0 Å². The van der Waals surface area contributed by atoms with Gasteiger partial charge in [-0.05, 0) is 19.5 Å². The molecule has 1 saturated heterocycles. The average Bonchev–Trinajstić information content (AvgIpc) is 2.32. The first-order valence-electron chi connectivity index (χ1n) is 6.40. The number of hydrogen-bond acceptors (Lipinski definition) is 3. The van der Waals surface area contributed by atoms with Crippen molar-refractivity contribution in [1.29, 1.82) is 0 Å². The second kappa shape index (κ2) is 5.63. The molecule has 1 heterocycles. The predicted octanol–water partition coefficient (Wildman–Crippen LogP) is 1.32. The molecule has 0 bridgehead atoms. The van der Waals surface area contributed by atoms with Crippen LogP contribution in [0.15, 0.2) is 30.3 Å². The lowest BCUT2D eigenvalue weighted by molar-refractivity contribution is 0.0859. The summed E-state index contributed by atoms with van der Waals surface area (Å²) in [6, 6.07) is 11.5. The molecule has 0 saturated carbocycles. The molecule has 1 aliphatic rings. The van der Waals surface area contributed by atoms with Gasteiger partial charge in [0.15, 0.2) is 0 Å². The summed E-state index contributed by atoms with van der Waals surface area (Å²) < 4.78 is 0. The van der Waals surface area contributed by atoms with Crippen molar-refractivity contribution in [3.63, 3.8) is 0 Å². The monoisotopic (exact) mass is 233 g/mol. The quantitative estimate of drug-likeness (QED) is 0.854. The molecule has 94 valence electrons.